The second kappa shape index (κ2) is 8.75. The number of fused-ring (bicyclic) bond motifs is 3. The third kappa shape index (κ3) is 3.57. The first-order valence-corrected chi connectivity index (χ1v) is 14.9. The van der Waals surface area contributed by atoms with Crippen molar-refractivity contribution in [2.75, 3.05) is 0 Å². The number of rotatable bonds is 1. The van der Waals surface area contributed by atoms with Crippen molar-refractivity contribution in [3.63, 3.8) is 0 Å². The second-order valence-corrected chi connectivity index (χ2v) is 14.9. The van der Waals surface area contributed by atoms with Gasteiger partial charge in [-0.3, -0.25) is 4.99 Å². The predicted octanol–water partition coefficient (Wildman–Crippen LogP) is 0.871. The van der Waals surface area contributed by atoms with E-state index in [2.05, 4.69) is 87.4 Å². The Morgan fingerprint density at radius 1 is 1.00 bits per heavy atom. The van der Waals surface area contributed by atoms with Gasteiger partial charge in [0.25, 0.3) is 0 Å². The zero-order valence-electron chi connectivity index (χ0n) is 18.6. The van der Waals surface area contributed by atoms with Crippen LogP contribution in [0.25, 0.3) is 16.8 Å². The molecule has 5 heteroatoms. The van der Waals surface area contributed by atoms with Crippen molar-refractivity contribution < 1.29 is 49.5 Å². The Morgan fingerprint density at radius 2 is 1.71 bits per heavy atom. The van der Waals surface area contributed by atoms with Crippen molar-refractivity contribution in [3.8, 4) is 0 Å². The van der Waals surface area contributed by atoms with Gasteiger partial charge in [-0.15, -0.1) is 0 Å². The topological polar surface area (TPSA) is 12.4 Å². The van der Waals surface area contributed by atoms with Gasteiger partial charge in [-0.05, 0) is 29.0 Å². The molecule has 0 spiro atoms. The van der Waals surface area contributed by atoms with Gasteiger partial charge in [0.2, 0.25) is 0 Å². The van der Waals surface area contributed by atoms with E-state index in [1.54, 1.807) is 40.7 Å². The van der Waals surface area contributed by atoms with E-state index in [1.165, 1.54) is 38.8 Å². The maximum absolute atomic E-state index is 4.42. The van der Waals surface area contributed by atoms with Crippen LogP contribution in [0.1, 0.15) is 35.5 Å². The molecule has 0 N–H and O–H groups in total. The monoisotopic (exact) mass is 540 g/mol. The molecule has 1 atom stereocenters. The van der Waals surface area contributed by atoms with E-state index in [0.29, 0.717) is 9.54 Å². The van der Waals surface area contributed by atoms with Crippen LogP contribution in [0.5, 0.6) is 0 Å². The minimum atomic E-state index is -1.13. The van der Waals surface area contributed by atoms with Crippen molar-refractivity contribution in [2.24, 2.45) is 10.9 Å². The molecule has 1 nitrogen and oxygen atoms in total. The maximum Gasteiger partial charge on any atom is 0.116 e. The summed E-state index contributed by atoms with van der Waals surface area (Å²) >= 11 is 1.61. The number of aliphatic imine (C=N–C) groups is 1. The molecule has 0 fully saturated rings. The molecule has 3 heterocycles. The Balaban J connectivity index is 0.000000173. The minimum absolute atomic E-state index is 0. The van der Waals surface area contributed by atoms with Gasteiger partial charge in [-0.1, -0.05) is 13.1 Å². The summed E-state index contributed by atoms with van der Waals surface area (Å²) in [7, 11) is -1.13. The minimum Gasteiger partial charge on any atom is -1.00 e. The quantitative estimate of drug-likeness (QED) is 0.475. The van der Waals surface area contributed by atoms with E-state index >= 15 is 0 Å². The molecule has 0 saturated carbocycles. The van der Waals surface area contributed by atoms with E-state index in [9.17, 15) is 0 Å². The Morgan fingerprint density at radius 3 is 2.35 bits per heavy atom. The molecule has 0 aromatic heterocycles. The largest absolute Gasteiger partial charge is 1.00 e. The van der Waals surface area contributed by atoms with E-state index in [0.717, 1.165) is 0 Å². The number of nitrogens with zero attached hydrogens (tertiary/aromatic N) is 1. The molecule has 157 valence electrons. The average Bonchev–Trinajstić information content (AvgIpc) is 3.38. The van der Waals surface area contributed by atoms with Crippen LogP contribution in [-0.4, -0.2) is 13.8 Å². The summed E-state index contributed by atoms with van der Waals surface area (Å²) in [5.74, 6) is 0.658. The van der Waals surface area contributed by atoms with Crippen molar-refractivity contribution in [3.05, 3.63) is 86.9 Å². The molecule has 0 amide bonds. The van der Waals surface area contributed by atoms with E-state index in [-0.39, 0.29) is 24.8 Å². The van der Waals surface area contributed by atoms with Gasteiger partial charge < -0.3 is 24.8 Å². The van der Waals surface area contributed by atoms with Gasteiger partial charge in [-0.2, -0.15) is 0 Å². The van der Waals surface area contributed by atoms with Crippen LogP contribution in [0.3, 0.4) is 0 Å². The Kier molecular flexibility index (Phi) is 6.95. The summed E-state index contributed by atoms with van der Waals surface area (Å²) in [5, 5.41) is 6.03. The van der Waals surface area contributed by atoms with Crippen LogP contribution < -0.4 is 24.8 Å². The van der Waals surface area contributed by atoms with Gasteiger partial charge in [0.1, 0.15) is 8.07 Å². The molecular formula is C26H26Cl2NSiZr. The van der Waals surface area contributed by atoms with Gasteiger partial charge in [0.15, 0.2) is 0 Å². The molecule has 0 saturated heterocycles. The number of hydrogen-bond donors (Lipinski definition) is 0. The summed E-state index contributed by atoms with van der Waals surface area (Å²) < 4.78 is 0.668. The molecule has 2 aromatic carbocycles. The molecule has 7 rings (SSSR count). The fraction of sp³-hybridized carbons (Fsp3) is 0.269. The smallest absolute Gasteiger partial charge is 0.116 e. The molecule has 2 aliphatic carbocycles. The maximum atomic E-state index is 4.42. The summed E-state index contributed by atoms with van der Waals surface area (Å²) in [6.45, 7) is 11.7. The van der Waals surface area contributed by atoms with Crippen molar-refractivity contribution >= 4 is 30.6 Å². The fourth-order valence-electron chi connectivity index (χ4n) is 5.53. The van der Waals surface area contributed by atoms with E-state index in [1.807, 2.05) is 6.20 Å². The van der Waals surface area contributed by atoms with Gasteiger partial charge >= 0.3 is 118 Å². The zero-order chi connectivity index (χ0) is 20.5. The first-order valence-electron chi connectivity index (χ1n) is 10.5. The Bertz CT molecular complexity index is 1230. The third-order valence-electron chi connectivity index (χ3n) is 6.83. The summed E-state index contributed by atoms with van der Waals surface area (Å²) in [6, 6.07) is 13.3. The molecule has 31 heavy (non-hydrogen) atoms. The third-order valence-corrected chi connectivity index (χ3v) is 12.2. The van der Waals surface area contributed by atoms with Crippen LogP contribution in [0, 0.1) is 5.92 Å². The zero-order valence-corrected chi connectivity index (χ0v) is 23.5. The van der Waals surface area contributed by atoms with Crippen LogP contribution in [0.15, 0.2) is 80.8 Å². The van der Waals surface area contributed by atoms with Crippen LogP contribution in [0.2, 0.25) is 13.1 Å². The number of allylic oxidation sites excluding steroid dienone is 6. The molecule has 1 unspecified atom stereocenters. The summed E-state index contributed by atoms with van der Waals surface area (Å²) in [4.78, 5) is 4.42. The second-order valence-electron chi connectivity index (χ2n) is 9.23. The first-order chi connectivity index (χ1) is 13.8. The standard InChI is InChI=1S/C16H15.C10H11NSi.2ClH.Zr/c1-11(2)14-9-13-8-7-12-5-3-4-6-15(12)16(13)10-14;1-6-9-7-4-5-11-8(7)10(6)12(9,2)3;;;/h3-11H,1-2H3;4-5H,1-3H3;2*1H;/q;;;;+2/p-2. The predicted molar refractivity (Wildman–Crippen MR) is 123 cm³/mol. The molecule has 0 radical (unpaired) electrons. The van der Waals surface area contributed by atoms with Crippen molar-refractivity contribution in [1.29, 1.82) is 0 Å². The fourth-order valence-corrected chi connectivity index (χ4v) is 11.0. The van der Waals surface area contributed by atoms with Gasteiger partial charge in [0.05, 0.1) is 5.71 Å². The molecular weight excluding hydrogens is 517 g/mol. The van der Waals surface area contributed by atoms with Crippen LogP contribution in [-0.2, 0) is 24.7 Å². The van der Waals surface area contributed by atoms with Gasteiger partial charge in [0, 0.05) is 11.8 Å². The first kappa shape index (κ1) is 24.6. The SMILES string of the molecule is CC(C)C1=Cc2c(ccc3ccccc23)[CH]1[Zr+2].CC1=C2C3=NC=CC3=C1[Si]2(C)C.[Cl-].[Cl-]. The number of benzene rings is 2. The van der Waals surface area contributed by atoms with Crippen molar-refractivity contribution in [2.45, 2.75) is 37.5 Å². The summed E-state index contributed by atoms with van der Waals surface area (Å²) in [6.07, 6.45) is 6.53. The van der Waals surface area contributed by atoms with Crippen LogP contribution in [0.4, 0.5) is 0 Å². The summed E-state index contributed by atoms with van der Waals surface area (Å²) in [5.41, 5.74) is 8.89. The Hall–Kier alpha value is -0.990. The van der Waals surface area contributed by atoms with Crippen LogP contribution >= 0.6 is 0 Å². The molecule has 3 aliphatic heterocycles. The van der Waals surface area contributed by atoms with E-state index in [4.69, 9.17) is 0 Å². The molecule has 2 aromatic rings. The number of hydrogen-bond acceptors (Lipinski definition) is 1. The molecule has 5 aliphatic rings. The van der Waals surface area contributed by atoms with Crippen molar-refractivity contribution in [1.82, 2.24) is 0 Å². The number of halogens is 2. The van der Waals surface area contributed by atoms with Gasteiger partial charge in [-0.25, -0.2) is 0 Å². The van der Waals surface area contributed by atoms with E-state index < -0.39 is 8.07 Å². The Labute approximate surface area is 214 Å². The average molecular weight is 543 g/mol. The normalized spacial score (nSPS) is 21.0. The molecule has 2 bridgehead atoms.